The highest BCUT2D eigenvalue weighted by Gasteiger charge is 2.19. The summed E-state index contributed by atoms with van der Waals surface area (Å²) in [6.07, 6.45) is 2.42. The van der Waals surface area contributed by atoms with Crippen molar-refractivity contribution in [1.29, 1.82) is 0 Å². The fraction of sp³-hybridized carbons (Fsp3) is 0.211. The Morgan fingerprint density at radius 2 is 1.89 bits per heavy atom. The van der Waals surface area contributed by atoms with Crippen LogP contribution in [-0.2, 0) is 6.42 Å². The Morgan fingerprint density at radius 1 is 1.19 bits per heavy atom. The number of aromatic nitrogens is 1. The maximum atomic E-state index is 12.3. The summed E-state index contributed by atoms with van der Waals surface area (Å²) >= 11 is 0. The summed E-state index contributed by atoms with van der Waals surface area (Å²) in [6.45, 7) is 0.339. The third-order valence-corrected chi connectivity index (χ3v) is 4.30. The zero-order valence-electron chi connectivity index (χ0n) is 14.9. The number of methoxy groups -OCH3 is 2. The maximum absolute atomic E-state index is 12.3. The number of para-hydroxylation sites is 1. The molecule has 140 valence electrons. The van der Waals surface area contributed by atoms with Gasteiger partial charge in [0.1, 0.15) is 5.56 Å². The lowest BCUT2D eigenvalue weighted by Crippen LogP contribution is -2.26. The molecule has 0 aliphatic carbocycles. The molecular weight excluding hydrogens is 350 g/mol. The Bertz CT molecular complexity index is 996. The van der Waals surface area contributed by atoms with Crippen molar-refractivity contribution < 1.29 is 19.2 Å². The summed E-state index contributed by atoms with van der Waals surface area (Å²) < 4.78 is 10.6. The summed E-state index contributed by atoms with van der Waals surface area (Å²) in [5.74, 6) is 0.777. The van der Waals surface area contributed by atoms with Crippen LogP contribution in [0.5, 0.6) is 11.5 Å². The van der Waals surface area contributed by atoms with Crippen LogP contribution >= 0.6 is 0 Å². The highest BCUT2D eigenvalue weighted by atomic mass is 16.6. The Hall–Kier alpha value is -3.55. The molecule has 0 atom stereocenters. The highest BCUT2D eigenvalue weighted by molar-refractivity contribution is 5.98. The predicted octanol–water partition coefficient (Wildman–Crippen LogP) is 3.07. The van der Waals surface area contributed by atoms with Crippen LogP contribution in [0, 0.1) is 10.1 Å². The molecule has 0 aliphatic rings. The summed E-state index contributed by atoms with van der Waals surface area (Å²) in [6, 6.07) is 9.61. The van der Waals surface area contributed by atoms with Gasteiger partial charge in [-0.25, -0.2) is 0 Å². The summed E-state index contributed by atoms with van der Waals surface area (Å²) in [7, 11) is 3.15. The number of nitro benzene ring substituents is 1. The quantitative estimate of drug-likeness (QED) is 0.492. The van der Waals surface area contributed by atoms with Crippen LogP contribution in [-0.4, -0.2) is 36.6 Å². The number of aromatic amines is 1. The number of hydrogen-bond donors (Lipinski definition) is 2. The van der Waals surface area contributed by atoms with Gasteiger partial charge in [0.15, 0.2) is 11.5 Å². The largest absolute Gasteiger partial charge is 0.493 e. The van der Waals surface area contributed by atoms with E-state index < -0.39 is 10.8 Å². The molecule has 3 aromatic rings. The van der Waals surface area contributed by atoms with Crippen LogP contribution in [0.1, 0.15) is 15.9 Å². The average Bonchev–Trinajstić information content (AvgIpc) is 3.08. The van der Waals surface area contributed by atoms with E-state index in [0.717, 1.165) is 16.5 Å². The first-order valence-electron chi connectivity index (χ1n) is 8.28. The van der Waals surface area contributed by atoms with Gasteiger partial charge in [0.05, 0.1) is 19.1 Å². The number of carbonyl (C=O) groups is 1. The molecule has 0 fully saturated rings. The number of carbonyl (C=O) groups excluding carboxylic acids is 1. The minimum atomic E-state index is -0.561. The molecular formula is C19H19N3O5. The van der Waals surface area contributed by atoms with Gasteiger partial charge in [0, 0.05) is 35.8 Å². The maximum Gasteiger partial charge on any atom is 0.282 e. The lowest BCUT2D eigenvalue weighted by molar-refractivity contribution is -0.385. The van der Waals surface area contributed by atoms with Gasteiger partial charge in [0.2, 0.25) is 0 Å². The molecule has 0 aliphatic heterocycles. The van der Waals surface area contributed by atoms with E-state index in [9.17, 15) is 14.9 Å². The topological polar surface area (TPSA) is 106 Å². The zero-order valence-corrected chi connectivity index (χ0v) is 14.9. The van der Waals surface area contributed by atoms with Gasteiger partial charge in [-0.3, -0.25) is 14.9 Å². The number of hydrogen-bond acceptors (Lipinski definition) is 5. The molecule has 1 amide bonds. The summed E-state index contributed by atoms with van der Waals surface area (Å²) in [5.41, 5.74) is 1.73. The molecule has 0 bridgehead atoms. The van der Waals surface area contributed by atoms with Crippen molar-refractivity contribution in [2.45, 2.75) is 6.42 Å². The molecule has 1 heterocycles. The number of benzene rings is 2. The standard InChI is InChI=1S/C19H19N3O5/c1-26-17-9-14-12(11-21-15(14)10-18(17)27-2)7-8-20-19(23)13-5-3-4-6-16(13)22(24)25/h3-6,9-11,21H,7-8H2,1-2H3,(H,20,23). The van der Waals surface area contributed by atoms with Gasteiger partial charge in [-0.05, 0) is 24.1 Å². The van der Waals surface area contributed by atoms with Gasteiger partial charge in [-0.1, -0.05) is 12.1 Å². The van der Waals surface area contributed by atoms with Gasteiger partial charge in [0.25, 0.3) is 11.6 Å². The number of amides is 1. The first-order valence-corrected chi connectivity index (χ1v) is 8.28. The van der Waals surface area contributed by atoms with Crippen molar-refractivity contribution >= 4 is 22.5 Å². The van der Waals surface area contributed by atoms with E-state index in [1.807, 2.05) is 18.3 Å². The summed E-state index contributed by atoms with van der Waals surface area (Å²) in [5, 5.41) is 14.7. The number of fused-ring (bicyclic) bond motifs is 1. The smallest absolute Gasteiger partial charge is 0.282 e. The highest BCUT2D eigenvalue weighted by Crippen LogP contribution is 2.33. The predicted molar refractivity (Wildman–Crippen MR) is 101 cm³/mol. The van der Waals surface area contributed by atoms with Crippen LogP contribution in [0.2, 0.25) is 0 Å². The number of ether oxygens (including phenoxy) is 2. The Labute approximate surface area is 155 Å². The van der Waals surface area contributed by atoms with E-state index in [1.165, 1.54) is 18.2 Å². The lowest BCUT2D eigenvalue weighted by Gasteiger charge is -2.08. The molecule has 0 saturated heterocycles. The molecule has 0 spiro atoms. The van der Waals surface area contributed by atoms with Crippen LogP contribution in [0.4, 0.5) is 5.69 Å². The van der Waals surface area contributed by atoms with Crippen molar-refractivity contribution in [2.75, 3.05) is 20.8 Å². The third-order valence-electron chi connectivity index (χ3n) is 4.30. The molecule has 8 heteroatoms. The first kappa shape index (κ1) is 18.2. The molecule has 0 unspecified atom stereocenters. The molecule has 0 radical (unpaired) electrons. The van der Waals surface area contributed by atoms with Crippen molar-refractivity contribution in [2.24, 2.45) is 0 Å². The van der Waals surface area contributed by atoms with Gasteiger partial charge in [-0.15, -0.1) is 0 Å². The van der Waals surface area contributed by atoms with E-state index in [-0.39, 0.29) is 11.3 Å². The van der Waals surface area contributed by atoms with Crippen molar-refractivity contribution in [3.05, 3.63) is 63.8 Å². The van der Waals surface area contributed by atoms with Crippen LogP contribution < -0.4 is 14.8 Å². The van der Waals surface area contributed by atoms with Crippen molar-refractivity contribution in [1.82, 2.24) is 10.3 Å². The fourth-order valence-electron chi connectivity index (χ4n) is 2.94. The van der Waals surface area contributed by atoms with E-state index in [1.54, 1.807) is 20.3 Å². The number of nitro groups is 1. The van der Waals surface area contributed by atoms with Crippen LogP contribution in [0.25, 0.3) is 10.9 Å². The Balaban J connectivity index is 1.72. The van der Waals surface area contributed by atoms with Gasteiger partial charge >= 0.3 is 0 Å². The molecule has 0 saturated carbocycles. The second kappa shape index (κ2) is 7.77. The number of H-pyrrole nitrogens is 1. The fourth-order valence-corrected chi connectivity index (χ4v) is 2.94. The van der Waals surface area contributed by atoms with Gasteiger partial charge < -0.3 is 19.8 Å². The molecule has 2 N–H and O–H groups in total. The molecule has 3 rings (SSSR count). The number of nitrogens with zero attached hydrogens (tertiary/aromatic N) is 1. The minimum Gasteiger partial charge on any atom is -0.493 e. The molecule has 8 nitrogen and oxygen atoms in total. The Morgan fingerprint density at radius 3 is 2.59 bits per heavy atom. The first-order chi connectivity index (χ1) is 13.0. The molecule has 27 heavy (non-hydrogen) atoms. The van der Waals surface area contributed by atoms with Gasteiger partial charge in [-0.2, -0.15) is 0 Å². The molecule has 2 aromatic carbocycles. The lowest BCUT2D eigenvalue weighted by atomic mass is 10.1. The zero-order chi connectivity index (χ0) is 19.4. The number of nitrogens with one attached hydrogen (secondary N) is 2. The summed E-state index contributed by atoms with van der Waals surface area (Å²) in [4.78, 5) is 25.9. The van der Waals surface area contributed by atoms with Crippen LogP contribution in [0.3, 0.4) is 0 Å². The average molecular weight is 369 g/mol. The second-order valence-electron chi connectivity index (χ2n) is 5.85. The SMILES string of the molecule is COc1cc2[nH]cc(CCNC(=O)c3ccccc3[N+](=O)[O-])c2cc1OC. The Kier molecular flexibility index (Phi) is 5.25. The van der Waals surface area contributed by atoms with E-state index in [4.69, 9.17) is 9.47 Å². The van der Waals surface area contributed by atoms with E-state index >= 15 is 0 Å². The third kappa shape index (κ3) is 3.69. The van der Waals surface area contributed by atoms with E-state index in [2.05, 4.69) is 10.3 Å². The minimum absolute atomic E-state index is 0.0489. The normalized spacial score (nSPS) is 10.6. The molecule has 1 aromatic heterocycles. The number of rotatable bonds is 7. The van der Waals surface area contributed by atoms with Crippen LogP contribution in [0.15, 0.2) is 42.6 Å². The second-order valence-corrected chi connectivity index (χ2v) is 5.85. The monoisotopic (exact) mass is 369 g/mol. The van der Waals surface area contributed by atoms with Crippen molar-refractivity contribution in [3.63, 3.8) is 0 Å². The van der Waals surface area contributed by atoms with Crippen molar-refractivity contribution in [3.8, 4) is 11.5 Å². The van der Waals surface area contributed by atoms with E-state index in [0.29, 0.717) is 24.5 Å².